The first-order valence-corrected chi connectivity index (χ1v) is 6.00. The minimum atomic E-state index is -4.85. The molecule has 22 heavy (non-hydrogen) atoms. The fourth-order valence-corrected chi connectivity index (χ4v) is 1.74. The number of nitrogens with one attached hydrogen (secondary N) is 1. The zero-order chi connectivity index (χ0) is 16.3. The summed E-state index contributed by atoms with van der Waals surface area (Å²) < 4.78 is 55.9. The van der Waals surface area contributed by atoms with Gasteiger partial charge in [-0.25, -0.2) is 9.37 Å². The highest BCUT2D eigenvalue weighted by atomic mass is 19.4. The highest BCUT2D eigenvalue weighted by molar-refractivity contribution is 6.05. The first kappa shape index (κ1) is 15.7. The Balaban J connectivity index is 2.29. The third-order valence-electron chi connectivity index (χ3n) is 2.74. The zero-order valence-corrected chi connectivity index (χ0v) is 11.2. The van der Waals surface area contributed by atoms with E-state index >= 15 is 0 Å². The number of pyridine rings is 1. The van der Waals surface area contributed by atoms with Crippen molar-refractivity contribution in [1.82, 2.24) is 4.98 Å². The van der Waals surface area contributed by atoms with E-state index in [0.29, 0.717) is 12.1 Å². The van der Waals surface area contributed by atoms with Gasteiger partial charge < -0.3 is 10.1 Å². The maximum absolute atomic E-state index is 13.2. The van der Waals surface area contributed by atoms with Gasteiger partial charge in [-0.2, -0.15) is 13.2 Å². The molecule has 4 nitrogen and oxygen atoms in total. The molecule has 0 saturated heterocycles. The van der Waals surface area contributed by atoms with Gasteiger partial charge in [-0.3, -0.25) is 4.79 Å². The second kappa shape index (κ2) is 6.00. The lowest BCUT2D eigenvalue weighted by molar-refractivity contribution is -0.139. The lowest BCUT2D eigenvalue weighted by Gasteiger charge is -2.11. The van der Waals surface area contributed by atoms with Gasteiger partial charge in [-0.05, 0) is 30.3 Å². The van der Waals surface area contributed by atoms with Crippen LogP contribution in [0.5, 0.6) is 5.88 Å². The van der Waals surface area contributed by atoms with Gasteiger partial charge in [0, 0.05) is 11.9 Å². The van der Waals surface area contributed by atoms with E-state index in [9.17, 15) is 22.4 Å². The number of hydrogen-bond donors (Lipinski definition) is 1. The Kier molecular flexibility index (Phi) is 4.30. The predicted octanol–water partition coefficient (Wildman–Crippen LogP) is 3.50. The molecule has 1 aromatic heterocycles. The van der Waals surface area contributed by atoms with Crippen molar-refractivity contribution in [2.24, 2.45) is 0 Å². The third-order valence-corrected chi connectivity index (χ3v) is 2.74. The van der Waals surface area contributed by atoms with E-state index in [1.807, 2.05) is 0 Å². The van der Waals surface area contributed by atoms with E-state index in [-0.39, 0.29) is 17.1 Å². The quantitative estimate of drug-likeness (QED) is 0.882. The zero-order valence-electron chi connectivity index (χ0n) is 11.2. The van der Waals surface area contributed by atoms with Gasteiger partial charge in [0.05, 0.1) is 12.7 Å². The normalized spacial score (nSPS) is 11.1. The smallest absolute Gasteiger partial charge is 0.419 e. The van der Waals surface area contributed by atoms with Crippen LogP contribution in [0.2, 0.25) is 0 Å². The lowest BCUT2D eigenvalue weighted by Crippen LogP contribution is -2.15. The molecule has 2 rings (SSSR count). The summed E-state index contributed by atoms with van der Waals surface area (Å²) in [7, 11) is 1.30. The third kappa shape index (κ3) is 3.33. The summed E-state index contributed by atoms with van der Waals surface area (Å²) >= 11 is 0. The van der Waals surface area contributed by atoms with Crippen LogP contribution < -0.4 is 10.1 Å². The molecule has 0 aliphatic carbocycles. The first-order chi connectivity index (χ1) is 10.3. The van der Waals surface area contributed by atoms with Crippen LogP contribution >= 0.6 is 0 Å². The van der Waals surface area contributed by atoms with Crippen LogP contribution in [0, 0.1) is 5.82 Å². The van der Waals surface area contributed by atoms with Crippen LogP contribution in [0.1, 0.15) is 15.9 Å². The Labute approximate surface area is 122 Å². The van der Waals surface area contributed by atoms with E-state index in [0.717, 1.165) is 6.07 Å². The van der Waals surface area contributed by atoms with Crippen LogP contribution in [0.25, 0.3) is 0 Å². The Hall–Kier alpha value is -2.64. The molecular weight excluding hydrogens is 304 g/mol. The van der Waals surface area contributed by atoms with Crippen molar-refractivity contribution >= 4 is 11.6 Å². The maximum atomic E-state index is 13.2. The summed E-state index contributed by atoms with van der Waals surface area (Å²) in [4.78, 5) is 15.8. The molecule has 0 aliphatic rings. The minimum Gasteiger partial charge on any atom is -0.480 e. The molecule has 0 radical (unpaired) electrons. The highest BCUT2D eigenvalue weighted by Crippen LogP contribution is 2.33. The molecule has 0 fully saturated rings. The molecular formula is C14H10F4N2O2. The Morgan fingerprint density at radius 2 is 2.00 bits per heavy atom. The minimum absolute atomic E-state index is 0.0261. The first-order valence-electron chi connectivity index (χ1n) is 6.00. The Morgan fingerprint density at radius 1 is 1.27 bits per heavy atom. The molecule has 116 valence electrons. The van der Waals surface area contributed by atoms with Gasteiger partial charge in [-0.1, -0.05) is 0 Å². The Morgan fingerprint density at radius 3 is 2.64 bits per heavy atom. The van der Waals surface area contributed by atoms with Crippen LogP contribution in [0.3, 0.4) is 0 Å². The molecule has 0 spiro atoms. The highest BCUT2D eigenvalue weighted by Gasteiger charge is 2.34. The number of carbonyl (C=O) groups excluding carboxylic acids is 1. The van der Waals surface area contributed by atoms with Gasteiger partial charge >= 0.3 is 6.18 Å². The van der Waals surface area contributed by atoms with Gasteiger partial charge in [-0.15, -0.1) is 0 Å². The molecule has 0 aliphatic heterocycles. The van der Waals surface area contributed by atoms with E-state index in [1.165, 1.54) is 25.4 Å². The number of hydrogen-bond acceptors (Lipinski definition) is 3. The number of ether oxygens (including phenoxy) is 1. The van der Waals surface area contributed by atoms with Crippen molar-refractivity contribution in [3.05, 3.63) is 53.5 Å². The fraction of sp³-hybridized carbons (Fsp3) is 0.143. The van der Waals surface area contributed by atoms with Gasteiger partial charge in [0.1, 0.15) is 11.4 Å². The number of halogens is 4. The van der Waals surface area contributed by atoms with Crippen molar-refractivity contribution in [2.45, 2.75) is 6.18 Å². The average Bonchev–Trinajstić information content (AvgIpc) is 2.48. The second-order valence-electron chi connectivity index (χ2n) is 4.21. The van der Waals surface area contributed by atoms with Crippen molar-refractivity contribution in [3.8, 4) is 5.88 Å². The fourth-order valence-electron chi connectivity index (χ4n) is 1.74. The largest absolute Gasteiger partial charge is 0.480 e. The van der Waals surface area contributed by atoms with E-state index in [2.05, 4.69) is 10.3 Å². The van der Waals surface area contributed by atoms with E-state index in [4.69, 9.17) is 4.74 Å². The van der Waals surface area contributed by atoms with Crippen LogP contribution in [-0.4, -0.2) is 18.0 Å². The Bertz CT molecular complexity index is 701. The molecule has 1 aromatic carbocycles. The molecule has 8 heteroatoms. The summed E-state index contributed by atoms with van der Waals surface area (Å²) in [5.41, 5.74) is -1.60. The molecule has 2 aromatic rings. The number of alkyl halides is 3. The number of methoxy groups -OCH3 is 1. The lowest BCUT2D eigenvalue weighted by atomic mass is 10.1. The van der Waals surface area contributed by atoms with Gasteiger partial charge in [0.2, 0.25) is 5.88 Å². The monoisotopic (exact) mass is 314 g/mol. The van der Waals surface area contributed by atoms with Crippen LogP contribution in [0.15, 0.2) is 36.5 Å². The van der Waals surface area contributed by atoms with Gasteiger partial charge in [0.15, 0.2) is 0 Å². The molecule has 1 N–H and O–H groups in total. The second-order valence-corrected chi connectivity index (χ2v) is 4.21. The number of rotatable bonds is 3. The van der Waals surface area contributed by atoms with Crippen molar-refractivity contribution < 1.29 is 27.1 Å². The van der Waals surface area contributed by atoms with Gasteiger partial charge in [0.25, 0.3) is 5.91 Å². The summed E-state index contributed by atoms with van der Waals surface area (Å²) in [5.74, 6) is -2.10. The summed E-state index contributed by atoms with van der Waals surface area (Å²) in [5, 5.41) is 2.25. The standard InChI is InChI=1S/C14H10F4N2O2/c1-22-13-9(3-2-6-19-13)12(21)20-8-4-5-11(15)10(7-8)14(16,17)18/h2-7H,1H3,(H,20,21). The molecule has 1 heterocycles. The SMILES string of the molecule is COc1ncccc1C(=O)Nc1ccc(F)c(C(F)(F)F)c1. The van der Waals surface area contributed by atoms with Crippen molar-refractivity contribution in [2.75, 3.05) is 12.4 Å². The van der Waals surface area contributed by atoms with E-state index < -0.39 is 23.5 Å². The topological polar surface area (TPSA) is 51.2 Å². The van der Waals surface area contributed by atoms with Crippen molar-refractivity contribution in [3.63, 3.8) is 0 Å². The molecule has 1 amide bonds. The summed E-state index contributed by atoms with van der Waals surface area (Å²) in [6, 6.07) is 5.07. The van der Waals surface area contributed by atoms with E-state index in [1.54, 1.807) is 0 Å². The van der Waals surface area contributed by atoms with Crippen LogP contribution in [-0.2, 0) is 6.18 Å². The molecule has 0 saturated carbocycles. The number of carbonyl (C=O) groups is 1. The predicted molar refractivity (Wildman–Crippen MR) is 70.1 cm³/mol. The average molecular weight is 314 g/mol. The number of amides is 1. The van der Waals surface area contributed by atoms with Crippen LogP contribution in [0.4, 0.5) is 23.2 Å². The summed E-state index contributed by atoms with van der Waals surface area (Å²) in [6.07, 6.45) is -3.45. The molecule has 0 unspecified atom stereocenters. The molecule has 0 atom stereocenters. The number of benzene rings is 1. The summed E-state index contributed by atoms with van der Waals surface area (Å²) in [6.45, 7) is 0. The number of nitrogens with zero attached hydrogens (tertiary/aromatic N) is 1. The maximum Gasteiger partial charge on any atom is 0.419 e. The number of anilines is 1. The van der Waals surface area contributed by atoms with Crippen molar-refractivity contribution in [1.29, 1.82) is 0 Å². The molecule has 0 bridgehead atoms. The number of aromatic nitrogens is 1.